The summed E-state index contributed by atoms with van der Waals surface area (Å²) in [4.78, 5) is 14.9. The number of rotatable bonds is 6. The fourth-order valence-corrected chi connectivity index (χ4v) is 8.75. The predicted octanol–water partition coefficient (Wildman–Crippen LogP) is 13.0. The maximum Gasteiger partial charge on any atom is 0.164 e. The molecule has 0 radical (unpaired) electrons. The van der Waals surface area contributed by atoms with Gasteiger partial charge in [-0.25, -0.2) is 15.0 Å². The quantitative estimate of drug-likeness (QED) is 0.170. The molecule has 12 aromatic rings. The highest BCUT2D eigenvalue weighted by Crippen LogP contribution is 2.41. The summed E-state index contributed by atoms with van der Waals surface area (Å²) >= 11 is 0. The largest absolute Gasteiger partial charge is 0.316 e. The van der Waals surface area contributed by atoms with Crippen molar-refractivity contribution in [3.63, 3.8) is 0 Å². The number of aromatic nitrogens is 6. The molecule has 276 valence electrons. The van der Waals surface area contributed by atoms with E-state index in [1.807, 2.05) is 60.7 Å². The first-order valence-corrected chi connectivity index (χ1v) is 19.9. The third kappa shape index (κ3) is 5.38. The van der Waals surface area contributed by atoms with Gasteiger partial charge in [0.2, 0.25) is 0 Å². The van der Waals surface area contributed by atoms with Crippen LogP contribution in [0, 0.1) is 0 Å². The van der Waals surface area contributed by atoms with E-state index in [1.54, 1.807) is 0 Å². The minimum atomic E-state index is 0.629. The minimum absolute atomic E-state index is 0.629. The van der Waals surface area contributed by atoms with Crippen LogP contribution in [0.25, 0.3) is 106 Å². The number of hydrogen-bond acceptors (Lipinski definition) is 3. The van der Waals surface area contributed by atoms with Crippen molar-refractivity contribution in [1.29, 1.82) is 0 Å². The van der Waals surface area contributed by atoms with Crippen LogP contribution in [0.4, 0.5) is 0 Å². The molecule has 0 amide bonds. The molecule has 0 aliphatic carbocycles. The normalized spacial score (nSPS) is 11.7. The van der Waals surface area contributed by atoms with Crippen LogP contribution in [-0.2, 0) is 0 Å². The summed E-state index contributed by atoms with van der Waals surface area (Å²) in [6.45, 7) is 0. The molecule has 0 aliphatic heterocycles. The molecule has 0 bridgehead atoms. The first-order valence-electron chi connectivity index (χ1n) is 19.9. The highest BCUT2D eigenvalue weighted by molar-refractivity contribution is 6.20. The Hall–Kier alpha value is -8.09. The van der Waals surface area contributed by atoms with E-state index in [2.05, 4.69) is 159 Å². The summed E-state index contributed by atoms with van der Waals surface area (Å²) in [5.41, 5.74) is 11.9. The van der Waals surface area contributed by atoms with E-state index < -0.39 is 0 Å². The van der Waals surface area contributed by atoms with Crippen LogP contribution < -0.4 is 0 Å². The van der Waals surface area contributed by atoms with Crippen molar-refractivity contribution < 1.29 is 0 Å². The predicted molar refractivity (Wildman–Crippen MR) is 242 cm³/mol. The molecule has 0 spiro atoms. The van der Waals surface area contributed by atoms with Gasteiger partial charge in [-0.2, -0.15) is 0 Å². The van der Waals surface area contributed by atoms with Crippen molar-refractivity contribution in [3.8, 4) is 51.2 Å². The maximum atomic E-state index is 5.01. The van der Waals surface area contributed by atoms with E-state index >= 15 is 0 Å². The zero-order valence-corrected chi connectivity index (χ0v) is 31.8. The molecule has 6 heteroatoms. The maximum absolute atomic E-state index is 5.01. The molecule has 0 aliphatic rings. The molecular formula is C53H34N6. The summed E-state index contributed by atoms with van der Waals surface area (Å²) in [5, 5.41) is 6.02. The fourth-order valence-electron chi connectivity index (χ4n) is 8.75. The van der Waals surface area contributed by atoms with E-state index in [1.165, 1.54) is 38.0 Å². The Labute approximate surface area is 339 Å². The monoisotopic (exact) mass is 754 g/mol. The summed E-state index contributed by atoms with van der Waals surface area (Å²) in [6, 6.07) is 70.6. The Morgan fingerprint density at radius 3 is 1.34 bits per heavy atom. The highest BCUT2D eigenvalue weighted by Gasteiger charge is 2.20. The number of para-hydroxylation sites is 3. The van der Waals surface area contributed by atoms with Gasteiger partial charge in [-0.15, -0.1) is 0 Å². The zero-order valence-electron chi connectivity index (χ0n) is 31.8. The number of fused-ring (bicyclic) bond motifs is 7. The summed E-state index contributed by atoms with van der Waals surface area (Å²) in [7, 11) is 0. The first-order chi connectivity index (χ1) is 29.2. The molecule has 12 rings (SSSR count). The Bertz CT molecular complexity index is 3450. The highest BCUT2D eigenvalue weighted by atomic mass is 15.0. The second-order valence-corrected chi connectivity index (χ2v) is 14.9. The van der Waals surface area contributed by atoms with E-state index in [0.29, 0.717) is 17.5 Å². The fraction of sp³-hybridized carbons (Fsp3) is 0. The molecule has 0 fully saturated rings. The van der Waals surface area contributed by atoms with E-state index in [-0.39, 0.29) is 0 Å². The average molecular weight is 755 g/mol. The van der Waals surface area contributed by atoms with Crippen LogP contribution in [0.1, 0.15) is 0 Å². The Morgan fingerprint density at radius 1 is 0.288 bits per heavy atom. The van der Waals surface area contributed by atoms with Gasteiger partial charge in [-0.05, 0) is 84.9 Å². The summed E-state index contributed by atoms with van der Waals surface area (Å²) in [5.74, 6) is 1.92. The smallest absolute Gasteiger partial charge is 0.164 e. The van der Waals surface area contributed by atoms with Crippen LogP contribution in [0.3, 0.4) is 0 Å². The molecule has 4 aromatic heterocycles. The standard InChI is InChI=1S/C53H34N6/c1-5-15-35(16-6-1)51-54-52(36-17-7-2-8-18-36)56-53(55-51)37-25-27-41(28-26-37)59-49-32-44-42-23-13-14-24-46(42)58(40-21-11-4-12-22-40)48(44)33-45(49)43-31-38-29-30-57(47(38)34-50(43)59)39-19-9-3-10-20-39/h1-34H. The van der Waals surface area contributed by atoms with Crippen molar-refractivity contribution in [2.24, 2.45) is 0 Å². The van der Waals surface area contributed by atoms with Gasteiger partial charge in [-0.3, -0.25) is 0 Å². The first kappa shape index (κ1) is 33.1. The Kier molecular flexibility index (Phi) is 7.43. The van der Waals surface area contributed by atoms with Gasteiger partial charge in [0.05, 0.1) is 27.6 Å². The molecular weight excluding hydrogens is 721 g/mol. The lowest BCUT2D eigenvalue weighted by molar-refractivity contribution is 1.07. The molecule has 0 saturated heterocycles. The third-order valence-corrected chi connectivity index (χ3v) is 11.5. The minimum Gasteiger partial charge on any atom is -0.316 e. The molecule has 4 heterocycles. The van der Waals surface area contributed by atoms with Crippen LogP contribution >= 0.6 is 0 Å². The number of nitrogens with zero attached hydrogens (tertiary/aromatic N) is 6. The molecule has 0 N–H and O–H groups in total. The Balaban J connectivity index is 1.10. The molecule has 59 heavy (non-hydrogen) atoms. The topological polar surface area (TPSA) is 53.5 Å². The van der Waals surface area contributed by atoms with Gasteiger partial charge in [0.25, 0.3) is 0 Å². The molecule has 0 atom stereocenters. The van der Waals surface area contributed by atoms with Crippen molar-refractivity contribution in [3.05, 3.63) is 206 Å². The van der Waals surface area contributed by atoms with E-state index in [9.17, 15) is 0 Å². The SMILES string of the molecule is c1ccc(-c2nc(-c3ccccc3)nc(-c3ccc(-n4c5cc6c7ccccc7n(-c7ccccc7)c6cc5c5cc6ccn(-c7ccccc7)c6cc54)cc3)n2)cc1. The lowest BCUT2D eigenvalue weighted by Gasteiger charge is -2.11. The van der Waals surface area contributed by atoms with Crippen LogP contribution in [-0.4, -0.2) is 28.7 Å². The van der Waals surface area contributed by atoms with Gasteiger partial charge in [0, 0.05) is 66.9 Å². The van der Waals surface area contributed by atoms with E-state index in [0.717, 1.165) is 50.3 Å². The second kappa shape index (κ2) is 13.3. The number of hydrogen-bond donors (Lipinski definition) is 0. The lowest BCUT2D eigenvalue weighted by atomic mass is 10.1. The second-order valence-electron chi connectivity index (χ2n) is 14.9. The summed E-state index contributed by atoms with van der Waals surface area (Å²) in [6.07, 6.45) is 2.17. The Morgan fingerprint density at radius 2 is 0.729 bits per heavy atom. The van der Waals surface area contributed by atoms with Crippen molar-refractivity contribution in [2.45, 2.75) is 0 Å². The van der Waals surface area contributed by atoms with E-state index in [4.69, 9.17) is 15.0 Å². The molecule has 6 nitrogen and oxygen atoms in total. The van der Waals surface area contributed by atoms with Crippen LogP contribution in [0.2, 0.25) is 0 Å². The van der Waals surface area contributed by atoms with Crippen LogP contribution in [0.5, 0.6) is 0 Å². The molecule has 8 aromatic carbocycles. The van der Waals surface area contributed by atoms with Gasteiger partial charge in [0.15, 0.2) is 17.5 Å². The van der Waals surface area contributed by atoms with Gasteiger partial charge < -0.3 is 13.7 Å². The van der Waals surface area contributed by atoms with Crippen molar-refractivity contribution in [2.75, 3.05) is 0 Å². The molecule has 0 unspecified atom stereocenters. The summed E-state index contributed by atoms with van der Waals surface area (Å²) < 4.78 is 7.10. The van der Waals surface area contributed by atoms with Gasteiger partial charge in [0.1, 0.15) is 0 Å². The van der Waals surface area contributed by atoms with Crippen molar-refractivity contribution in [1.82, 2.24) is 28.7 Å². The third-order valence-electron chi connectivity index (χ3n) is 11.5. The number of benzene rings is 8. The van der Waals surface area contributed by atoms with Crippen LogP contribution in [0.15, 0.2) is 206 Å². The zero-order chi connectivity index (χ0) is 38.9. The average Bonchev–Trinajstić information content (AvgIpc) is 3.98. The van der Waals surface area contributed by atoms with Gasteiger partial charge >= 0.3 is 0 Å². The van der Waals surface area contributed by atoms with Crippen molar-refractivity contribution >= 4 is 54.5 Å². The van der Waals surface area contributed by atoms with Gasteiger partial charge in [-0.1, -0.05) is 115 Å². The lowest BCUT2D eigenvalue weighted by Crippen LogP contribution is -2.00. The molecule has 0 saturated carbocycles.